The minimum absolute atomic E-state index is 0.318. The highest BCUT2D eigenvalue weighted by Gasteiger charge is 2.31. The first kappa shape index (κ1) is 15.8. The van der Waals surface area contributed by atoms with Crippen LogP contribution in [0.2, 0.25) is 0 Å². The van der Waals surface area contributed by atoms with E-state index >= 15 is 0 Å². The van der Waals surface area contributed by atoms with Crippen LogP contribution in [0, 0.1) is 0 Å². The fourth-order valence-corrected chi connectivity index (χ4v) is 1.97. The van der Waals surface area contributed by atoms with Gasteiger partial charge < -0.3 is 19.3 Å². The topological polar surface area (TPSA) is 47.9 Å². The van der Waals surface area contributed by atoms with E-state index in [0.29, 0.717) is 22.6 Å². The zero-order valence-electron chi connectivity index (χ0n) is 11.8. The molecule has 0 aliphatic heterocycles. The van der Waals surface area contributed by atoms with E-state index in [4.69, 9.17) is 9.47 Å². The summed E-state index contributed by atoms with van der Waals surface area (Å²) in [5, 5.41) is 9.60. The van der Waals surface area contributed by atoms with Crippen molar-refractivity contribution in [1.82, 2.24) is 0 Å². The van der Waals surface area contributed by atoms with Crippen LogP contribution in [-0.4, -0.2) is 25.7 Å². The molecular weight excluding hydrogens is 301 g/mol. The molecule has 0 aromatic heterocycles. The number of benzene rings is 2. The van der Waals surface area contributed by atoms with Gasteiger partial charge in [0.05, 0.1) is 14.2 Å². The highest BCUT2D eigenvalue weighted by atomic mass is 19.4. The molecule has 0 bridgehead atoms. The van der Waals surface area contributed by atoms with Crippen LogP contribution in [0.1, 0.15) is 0 Å². The number of phenolic OH excluding ortho intramolecular Hbond substituents is 1. The van der Waals surface area contributed by atoms with Crippen molar-refractivity contribution in [3.8, 4) is 34.1 Å². The number of hydrogen-bond acceptors (Lipinski definition) is 4. The summed E-state index contributed by atoms with van der Waals surface area (Å²) >= 11 is 0. The van der Waals surface area contributed by atoms with Crippen molar-refractivity contribution < 1.29 is 32.5 Å². The fourth-order valence-electron chi connectivity index (χ4n) is 1.97. The van der Waals surface area contributed by atoms with Crippen LogP contribution in [0.3, 0.4) is 0 Å². The van der Waals surface area contributed by atoms with Gasteiger partial charge in [-0.15, -0.1) is 13.2 Å². The molecule has 0 saturated carbocycles. The Labute approximate surface area is 124 Å². The normalized spacial score (nSPS) is 11.1. The fraction of sp³-hybridized carbons (Fsp3) is 0.200. The number of rotatable bonds is 4. The lowest BCUT2D eigenvalue weighted by Gasteiger charge is -2.13. The minimum Gasteiger partial charge on any atom is -0.508 e. The van der Waals surface area contributed by atoms with Gasteiger partial charge >= 0.3 is 6.36 Å². The number of aromatic hydroxyl groups is 1. The average molecular weight is 314 g/mol. The van der Waals surface area contributed by atoms with E-state index in [-0.39, 0.29) is 5.75 Å². The van der Waals surface area contributed by atoms with Gasteiger partial charge in [0.1, 0.15) is 23.0 Å². The van der Waals surface area contributed by atoms with Crippen LogP contribution in [0.4, 0.5) is 13.2 Å². The molecule has 2 aromatic rings. The quantitative estimate of drug-likeness (QED) is 0.927. The lowest BCUT2D eigenvalue weighted by molar-refractivity contribution is -0.274. The van der Waals surface area contributed by atoms with Gasteiger partial charge in [0.2, 0.25) is 0 Å². The lowest BCUT2D eigenvalue weighted by atomic mass is 10.0. The Morgan fingerprint density at radius 3 is 2.23 bits per heavy atom. The van der Waals surface area contributed by atoms with E-state index in [1.807, 2.05) is 0 Å². The zero-order valence-corrected chi connectivity index (χ0v) is 11.8. The molecule has 22 heavy (non-hydrogen) atoms. The number of hydrogen-bond donors (Lipinski definition) is 1. The van der Waals surface area contributed by atoms with Crippen molar-refractivity contribution in [3.05, 3.63) is 36.4 Å². The number of halogens is 3. The van der Waals surface area contributed by atoms with E-state index in [1.54, 1.807) is 18.2 Å². The molecule has 0 atom stereocenters. The standard InChI is InChI=1S/C15H13F3O4/c1-20-11-3-4-13(14(8-11)21-2)9-5-10(19)7-12(6-9)22-15(16,17)18/h3-8,19H,1-2H3. The second-order valence-corrected chi connectivity index (χ2v) is 4.33. The Morgan fingerprint density at radius 1 is 0.909 bits per heavy atom. The largest absolute Gasteiger partial charge is 0.573 e. The maximum absolute atomic E-state index is 12.3. The van der Waals surface area contributed by atoms with Crippen molar-refractivity contribution in [1.29, 1.82) is 0 Å². The van der Waals surface area contributed by atoms with Crippen LogP contribution < -0.4 is 14.2 Å². The van der Waals surface area contributed by atoms with Crippen LogP contribution in [0.15, 0.2) is 36.4 Å². The molecule has 0 saturated heterocycles. The Bertz CT molecular complexity index is 668. The van der Waals surface area contributed by atoms with E-state index in [1.165, 1.54) is 20.3 Å². The summed E-state index contributed by atoms with van der Waals surface area (Å²) < 4.78 is 51.0. The molecule has 4 nitrogen and oxygen atoms in total. The summed E-state index contributed by atoms with van der Waals surface area (Å²) in [7, 11) is 2.91. The molecule has 0 aliphatic rings. The van der Waals surface area contributed by atoms with Crippen LogP contribution in [0.25, 0.3) is 11.1 Å². The van der Waals surface area contributed by atoms with Gasteiger partial charge in [0.25, 0.3) is 0 Å². The first-order chi connectivity index (χ1) is 10.3. The summed E-state index contributed by atoms with van der Waals surface area (Å²) in [4.78, 5) is 0. The monoisotopic (exact) mass is 314 g/mol. The molecule has 1 N–H and O–H groups in total. The maximum atomic E-state index is 12.3. The predicted molar refractivity (Wildman–Crippen MR) is 73.3 cm³/mol. The van der Waals surface area contributed by atoms with Gasteiger partial charge in [-0.1, -0.05) is 0 Å². The van der Waals surface area contributed by atoms with Gasteiger partial charge in [-0.25, -0.2) is 0 Å². The van der Waals surface area contributed by atoms with E-state index in [9.17, 15) is 18.3 Å². The van der Waals surface area contributed by atoms with Gasteiger partial charge in [0, 0.05) is 17.7 Å². The summed E-state index contributed by atoms with van der Waals surface area (Å²) in [6, 6.07) is 8.19. The summed E-state index contributed by atoms with van der Waals surface area (Å²) in [5.74, 6) is 0.0606. The zero-order chi connectivity index (χ0) is 16.3. The smallest absolute Gasteiger partial charge is 0.508 e. The molecular formula is C15H13F3O4. The first-order valence-electron chi connectivity index (χ1n) is 6.14. The van der Waals surface area contributed by atoms with E-state index in [0.717, 1.165) is 12.1 Å². The maximum Gasteiger partial charge on any atom is 0.573 e. The minimum atomic E-state index is -4.84. The van der Waals surface area contributed by atoms with Crippen molar-refractivity contribution >= 4 is 0 Å². The molecule has 0 fully saturated rings. The van der Waals surface area contributed by atoms with E-state index < -0.39 is 12.1 Å². The highest BCUT2D eigenvalue weighted by Crippen LogP contribution is 2.37. The van der Waals surface area contributed by atoms with Gasteiger partial charge in [0.15, 0.2) is 0 Å². The Hall–Kier alpha value is -2.57. The molecule has 118 valence electrons. The van der Waals surface area contributed by atoms with E-state index in [2.05, 4.69) is 4.74 Å². The van der Waals surface area contributed by atoms with Gasteiger partial charge in [-0.3, -0.25) is 0 Å². The lowest BCUT2D eigenvalue weighted by Crippen LogP contribution is -2.17. The van der Waals surface area contributed by atoms with Crippen molar-refractivity contribution in [2.75, 3.05) is 14.2 Å². The molecule has 0 radical (unpaired) electrons. The third-order valence-electron chi connectivity index (χ3n) is 2.84. The van der Waals surface area contributed by atoms with Gasteiger partial charge in [-0.05, 0) is 29.8 Å². The Balaban J connectivity index is 2.48. The highest BCUT2D eigenvalue weighted by molar-refractivity contribution is 5.74. The molecule has 7 heteroatoms. The van der Waals surface area contributed by atoms with Crippen LogP contribution in [-0.2, 0) is 0 Å². The van der Waals surface area contributed by atoms with Crippen molar-refractivity contribution in [2.24, 2.45) is 0 Å². The second-order valence-electron chi connectivity index (χ2n) is 4.33. The molecule has 0 spiro atoms. The molecule has 0 aliphatic carbocycles. The predicted octanol–water partition coefficient (Wildman–Crippen LogP) is 3.98. The molecule has 0 heterocycles. The Kier molecular flexibility index (Phi) is 4.35. The molecule has 0 unspecified atom stereocenters. The molecule has 2 aromatic carbocycles. The SMILES string of the molecule is COc1ccc(-c2cc(O)cc(OC(F)(F)F)c2)c(OC)c1. The van der Waals surface area contributed by atoms with Crippen LogP contribution >= 0.6 is 0 Å². The molecule has 0 amide bonds. The average Bonchev–Trinajstić information content (AvgIpc) is 2.44. The number of methoxy groups -OCH3 is 2. The number of phenols is 1. The summed E-state index contributed by atoms with van der Waals surface area (Å²) in [6.07, 6.45) is -4.84. The molecule has 2 rings (SSSR count). The summed E-state index contributed by atoms with van der Waals surface area (Å²) in [6.45, 7) is 0. The number of alkyl halides is 3. The third kappa shape index (κ3) is 3.75. The second kappa shape index (κ2) is 6.05. The van der Waals surface area contributed by atoms with Gasteiger partial charge in [-0.2, -0.15) is 0 Å². The van der Waals surface area contributed by atoms with Crippen LogP contribution in [0.5, 0.6) is 23.0 Å². The summed E-state index contributed by atoms with van der Waals surface area (Å²) in [5.41, 5.74) is 0.810. The Morgan fingerprint density at radius 2 is 1.64 bits per heavy atom. The number of ether oxygens (including phenoxy) is 3. The first-order valence-corrected chi connectivity index (χ1v) is 6.14. The van der Waals surface area contributed by atoms with Crippen molar-refractivity contribution in [2.45, 2.75) is 6.36 Å². The third-order valence-corrected chi connectivity index (χ3v) is 2.84. The van der Waals surface area contributed by atoms with Crippen molar-refractivity contribution in [3.63, 3.8) is 0 Å².